The third-order valence-electron chi connectivity index (χ3n) is 4.63. The molecule has 1 N–H and O–H groups in total. The van der Waals surface area contributed by atoms with Crippen LogP contribution in [0, 0.1) is 5.82 Å². The number of hydrogen-bond acceptors (Lipinski definition) is 5. The van der Waals surface area contributed by atoms with Crippen molar-refractivity contribution in [1.29, 1.82) is 0 Å². The maximum Gasteiger partial charge on any atom is 0.414 e. The van der Waals surface area contributed by atoms with Gasteiger partial charge in [0, 0.05) is 20.0 Å². The number of nitrogens with zero attached hydrogens (tertiary/aromatic N) is 2. The summed E-state index contributed by atoms with van der Waals surface area (Å²) >= 11 is 0. The van der Waals surface area contributed by atoms with Gasteiger partial charge >= 0.3 is 6.09 Å². The molecule has 1 saturated heterocycles. The average molecular weight is 435 g/mol. The van der Waals surface area contributed by atoms with Crippen molar-refractivity contribution in [2.45, 2.75) is 17.7 Å². The highest BCUT2D eigenvalue weighted by Crippen LogP contribution is 2.28. The minimum absolute atomic E-state index is 0.0118. The van der Waals surface area contributed by atoms with Gasteiger partial charge in [0.15, 0.2) is 0 Å². The second-order valence-electron chi connectivity index (χ2n) is 6.72. The minimum Gasteiger partial charge on any atom is -0.447 e. The summed E-state index contributed by atoms with van der Waals surface area (Å²) in [6, 6.07) is 11.5. The molecule has 2 amide bonds. The topological polar surface area (TPSA) is 96.0 Å². The molecule has 2 aromatic rings. The monoisotopic (exact) mass is 435 g/mol. The number of anilines is 2. The molecule has 0 bridgehead atoms. The number of nitrogens with one attached hydrogen (secondary N) is 1. The molecular formula is C20H22FN3O5S. The van der Waals surface area contributed by atoms with Gasteiger partial charge in [-0.1, -0.05) is 12.1 Å². The SMILES string of the molecule is CN(CCCC(=O)Nc1ccccc1N1CCOC1=O)S(=O)(=O)c1ccc(F)cc1. The Kier molecular flexibility index (Phi) is 6.68. The molecule has 0 radical (unpaired) electrons. The number of amides is 2. The van der Waals surface area contributed by atoms with Crippen molar-refractivity contribution in [3.63, 3.8) is 0 Å². The van der Waals surface area contributed by atoms with E-state index in [1.165, 1.54) is 24.1 Å². The van der Waals surface area contributed by atoms with E-state index in [0.29, 0.717) is 17.9 Å². The summed E-state index contributed by atoms with van der Waals surface area (Å²) in [5, 5.41) is 2.76. The van der Waals surface area contributed by atoms with Crippen LogP contribution in [0.2, 0.25) is 0 Å². The zero-order chi connectivity index (χ0) is 21.7. The molecule has 160 valence electrons. The molecule has 1 aliphatic rings. The molecule has 10 heteroatoms. The van der Waals surface area contributed by atoms with Crippen LogP contribution in [0.25, 0.3) is 0 Å². The number of carbonyl (C=O) groups is 2. The molecule has 0 saturated carbocycles. The molecule has 0 atom stereocenters. The van der Waals surface area contributed by atoms with Crippen molar-refractivity contribution in [1.82, 2.24) is 4.31 Å². The van der Waals surface area contributed by atoms with Crippen molar-refractivity contribution >= 4 is 33.4 Å². The minimum atomic E-state index is -3.76. The van der Waals surface area contributed by atoms with Gasteiger partial charge < -0.3 is 10.1 Å². The summed E-state index contributed by atoms with van der Waals surface area (Å²) in [7, 11) is -2.35. The molecule has 0 spiro atoms. The molecule has 0 aliphatic carbocycles. The van der Waals surface area contributed by atoms with Crippen molar-refractivity contribution in [2.24, 2.45) is 0 Å². The van der Waals surface area contributed by atoms with E-state index in [-0.39, 0.29) is 36.8 Å². The Hall–Kier alpha value is -2.98. The Morgan fingerprint density at radius 2 is 1.90 bits per heavy atom. The number of hydrogen-bond donors (Lipinski definition) is 1. The van der Waals surface area contributed by atoms with Crippen LogP contribution < -0.4 is 10.2 Å². The number of sulfonamides is 1. The van der Waals surface area contributed by atoms with Crippen molar-refractivity contribution < 1.29 is 27.1 Å². The second kappa shape index (κ2) is 9.23. The predicted octanol–water partition coefficient (Wildman–Crippen LogP) is 2.82. The third kappa shape index (κ3) is 4.95. The number of rotatable bonds is 8. The molecule has 3 rings (SSSR count). The van der Waals surface area contributed by atoms with Crippen LogP contribution in [0.5, 0.6) is 0 Å². The fourth-order valence-electron chi connectivity index (χ4n) is 3.01. The van der Waals surface area contributed by atoms with E-state index < -0.39 is 21.9 Å². The smallest absolute Gasteiger partial charge is 0.414 e. The van der Waals surface area contributed by atoms with Crippen molar-refractivity contribution in [3.05, 3.63) is 54.3 Å². The summed E-state index contributed by atoms with van der Waals surface area (Å²) in [6.07, 6.45) is -0.0945. The largest absolute Gasteiger partial charge is 0.447 e. The fraction of sp³-hybridized carbons (Fsp3) is 0.300. The molecular weight excluding hydrogens is 413 g/mol. The van der Waals surface area contributed by atoms with Crippen molar-refractivity contribution in [3.8, 4) is 0 Å². The maximum absolute atomic E-state index is 13.0. The van der Waals surface area contributed by atoms with Gasteiger partial charge in [-0.15, -0.1) is 0 Å². The van der Waals surface area contributed by atoms with Gasteiger partial charge in [0.05, 0.1) is 22.8 Å². The Morgan fingerprint density at radius 1 is 1.20 bits per heavy atom. The van der Waals surface area contributed by atoms with Gasteiger partial charge in [0.1, 0.15) is 12.4 Å². The van der Waals surface area contributed by atoms with Gasteiger partial charge in [-0.25, -0.2) is 21.9 Å². The Morgan fingerprint density at radius 3 is 2.57 bits per heavy atom. The number of cyclic esters (lactones) is 1. The zero-order valence-corrected chi connectivity index (χ0v) is 17.2. The third-order valence-corrected chi connectivity index (χ3v) is 6.50. The van der Waals surface area contributed by atoms with Crippen LogP contribution in [0.4, 0.5) is 20.6 Å². The Labute approximate surface area is 174 Å². The van der Waals surface area contributed by atoms with Gasteiger partial charge in [0.25, 0.3) is 0 Å². The lowest BCUT2D eigenvalue weighted by molar-refractivity contribution is -0.116. The van der Waals surface area contributed by atoms with E-state index in [2.05, 4.69) is 5.32 Å². The number of para-hydroxylation sites is 2. The van der Waals surface area contributed by atoms with Crippen molar-refractivity contribution in [2.75, 3.05) is 37.0 Å². The van der Waals surface area contributed by atoms with E-state index in [1.54, 1.807) is 24.3 Å². The predicted molar refractivity (Wildman–Crippen MR) is 109 cm³/mol. The summed E-state index contributed by atoms with van der Waals surface area (Å²) in [6.45, 7) is 0.807. The van der Waals surface area contributed by atoms with Gasteiger partial charge in [-0.2, -0.15) is 0 Å². The van der Waals surface area contributed by atoms with Crippen LogP contribution in [0.15, 0.2) is 53.4 Å². The standard InChI is InChI=1S/C20H22FN3O5S/c1-23(30(27,28)16-10-8-15(21)9-11-16)12-4-7-19(25)22-17-5-2-3-6-18(17)24-13-14-29-20(24)26/h2-3,5-6,8-11H,4,7,12-14H2,1H3,(H,22,25). The summed E-state index contributed by atoms with van der Waals surface area (Å²) in [4.78, 5) is 25.6. The summed E-state index contributed by atoms with van der Waals surface area (Å²) in [5.41, 5.74) is 1.03. The van der Waals surface area contributed by atoms with Crippen LogP contribution >= 0.6 is 0 Å². The van der Waals surface area contributed by atoms with Crippen LogP contribution in [-0.4, -0.2) is 51.5 Å². The lowest BCUT2D eigenvalue weighted by Crippen LogP contribution is -2.29. The Bertz CT molecular complexity index is 1030. The molecule has 30 heavy (non-hydrogen) atoms. The highest BCUT2D eigenvalue weighted by atomic mass is 32.2. The molecule has 0 unspecified atom stereocenters. The lowest BCUT2D eigenvalue weighted by Gasteiger charge is -2.18. The number of benzene rings is 2. The van der Waals surface area contributed by atoms with Crippen LogP contribution in [0.1, 0.15) is 12.8 Å². The molecule has 0 aromatic heterocycles. The zero-order valence-electron chi connectivity index (χ0n) is 16.4. The summed E-state index contributed by atoms with van der Waals surface area (Å²) in [5.74, 6) is -0.821. The van der Waals surface area contributed by atoms with E-state index in [4.69, 9.17) is 4.74 Å². The number of carbonyl (C=O) groups excluding carboxylic acids is 2. The quantitative estimate of drug-likeness (QED) is 0.688. The first kappa shape index (κ1) is 21.7. The first-order valence-electron chi connectivity index (χ1n) is 9.34. The highest BCUT2D eigenvalue weighted by Gasteiger charge is 2.26. The molecule has 1 aliphatic heterocycles. The maximum atomic E-state index is 13.0. The van der Waals surface area contributed by atoms with Gasteiger partial charge in [-0.05, 0) is 42.8 Å². The van der Waals surface area contributed by atoms with E-state index >= 15 is 0 Å². The highest BCUT2D eigenvalue weighted by molar-refractivity contribution is 7.89. The van der Waals surface area contributed by atoms with Crippen LogP contribution in [-0.2, 0) is 19.6 Å². The molecule has 1 fully saturated rings. The van der Waals surface area contributed by atoms with E-state index in [1.807, 2.05) is 0 Å². The lowest BCUT2D eigenvalue weighted by atomic mass is 10.2. The number of halogens is 1. The Balaban J connectivity index is 1.55. The average Bonchev–Trinajstić information content (AvgIpc) is 3.14. The molecule has 8 nitrogen and oxygen atoms in total. The first-order chi connectivity index (χ1) is 14.3. The van der Waals surface area contributed by atoms with E-state index in [0.717, 1.165) is 16.4 Å². The van der Waals surface area contributed by atoms with Gasteiger partial charge in [0.2, 0.25) is 15.9 Å². The first-order valence-corrected chi connectivity index (χ1v) is 10.8. The van der Waals surface area contributed by atoms with E-state index in [9.17, 15) is 22.4 Å². The summed E-state index contributed by atoms with van der Waals surface area (Å²) < 4.78 is 44.0. The molecule has 2 aromatic carbocycles. The molecule has 1 heterocycles. The van der Waals surface area contributed by atoms with Gasteiger partial charge in [-0.3, -0.25) is 9.69 Å². The van der Waals surface area contributed by atoms with Crippen LogP contribution in [0.3, 0.4) is 0 Å². The second-order valence-corrected chi connectivity index (χ2v) is 8.76. The normalized spacial score (nSPS) is 14.1. The fourth-order valence-corrected chi connectivity index (χ4v) is 4.22. The number of ether oxygens (including phenoxy) is 1.